The third-order valence-corrected chi connectivity index (χ3v) is 3.86. The first-order valence-corrected chi connectivity index (χ1v) is 7.51. The molecular formula is C13H15N5O2S. The second kappa shape index (κ2) is 6.15. The van der Waals surface area contributed by atoms with E-state index in [9.17, 15) is 4.79 Å². The van der Waals surface area contributed by atoms with Crippen molar-refractivity contribution in [1.82, 2.24) is 19.9 Å². The van der Waals surface area contributed by atoms with Gasteiger partial charge in [-0.25, -0.2) is 9.97 Å². The summed E-state index contributed by atoms with van der Waals surface area (Å²) in [6, 6.07) is 0. The van der Waals surface area contributed by atoms with E-state index < -0.39 is 0 Å². The molecule has 8 heteroatoms. The molecule has 2 aromatic rings. The number of carbonyl (C=O) groups excluding carboxylic acids is 1. The van der Waals surface area contributed by atoms with Crippen LogP contribution in [0.4, 0.5) is 5.82 Å². The maximum atomic E-state index is 12.4. The number of rotatable bonds is 3. The lowest BCUT2D eigenvalue weighted by atomic mass is 10.2. The maximum absolute atomic E-state index is 12.4. The van der Waals surface area contributed by atoms with Gasteiger partial charge in [-0.15, -0.1) is 11.3 Å². The van der Waals surface area contributed by atoms with Crippen LogP contribution in [0.3, 0.4) is 0 Å². The minimum Gasteiger partial charge on any atom is -0.372 e. The van der Waals surface area contributed by atoms with E-state index in [1.165, 1.54) is 11.3 Å². The highest BCUT2D eigenvalue weighted by Gasteiger charge is 2.29. The summed E-state index contributed by atoms with van der Waals surface area (Å²) in [5.41, 5.74) is 2.86. The summed E-state index contributed by atoms with van der Waals surface area (Å²) in [7, 11) is 1.79. The van der Waals surface area contributed by atoms with Crippen LogP contribution in [0, 0.1) is 0 Å². The van der Waals surface area contributed by atoms with Crippen molar-refractivity contribution in [3.8, 4) is 0 Å². The molecule has 0 aliphatic carbocycles. The second-order valence-corrected chi connectivity index (χ2v) is 5.24. The Morgan fingerprint density at radius 2 is 2.29 bits per heavy atom. The molecule has 3 heterocycles. The lowest BCUT2D eigenvalue weighted by Gasteiger charge is -2.32. The summed E-state index contributed by atoms with van der Waals surface area (Å²) in [6.45, 7) is 1.48. The van der Waals surface area contributed by atoms with Gasteiger partial charge < -0.3 is 15.0 Å². The van der Waals surface area contributed by atoms with E-state index in [-0.39, 0.29) is 12.0 Å². The molecule has 1 N–H and O–H groups in total. The van der Waals surface area contributed by atoms with Crippen molar-refractivity contribution in [2.75, 3.05) is 32.1 Å². The van der Waals surface area contributed by atoms with Crippen LogP contribution in [0.25, 0.3) is 0 Å². The summed E-state index contributed by atoms with van der Waals surface area (Å²) in [5.74, 6) is 0.602. The largest absolute Gasteiger partial charge is 0.372 e. The zero-order chi connectivity index (χ0) is 14.7. The monoisotopic (exact) mass is 305 g/mol. The van der Waals surface area contributed by atoms with Crippen LogP contribution in [-0.4, -0.2) is 52.5 Å². The van der Waals surface area contributed by atoms with Gasteiger partial charge in [0.1, 0.15) is 23.3 Å². The van der Waals surface area contributed by atoms with Crippen LogP contribution in [0.5, 0.6) is 0 Å². The molecule has 7 nitrogen and oxygen atoms in total. The Kier molecular flexibility index (Phi) is 4.07. The number of thiazole rings is 1. The average Bonchev–Trinajstić information content (AvgIpc) is 3.08. The summed E-state index contributed by atoms with van der Waals surface area (Å²) in [5, 5.41) is 4.75. The smallest absolute Gasteiger partial charge is 0.273 e. The highest BCUT2D eigenvalue weighted by molar-refractivity contribution is 7.07. The van der Waals surface area contributed by atoms with Gasteiger partial charge in [0, 0.05) is 31.4 Å². The predicted molar refractivity (Wildman–Crippen MR) is 78.3 cm³/mol. The third-order valence-electron chi connectivity index (χ3n) is 3.27. The zero-order valence-corrected chi connectivity index (χ0v) is 12.3. The molecule has 1 saturated heterocycles. The van der Waals surface area contributed by atoms with Crippen LogP contribution >= 0.6 is 11.3 Å². The molecule has 1 amide bonds. The van der Waals surface area contributed by atoms with Gasteiger partial charge in [-0.3, -0.25) is 9.78 Å². The molecule has 0 bridgehead atoms. The number of nitrogens with one attached hydrogen (secondary N) is 1. The van der Waals surface area contributed by atoms with Crippen LogP contribution in [0.2, 0.25) is 0 Å². The molecule has 1 fully saturated rings. The fourth-order valence-electron chi connectivity index (χ4n) is 2.26. The molecule has 1 aliphatic rings. The van der Waals surface area contributed by atoms with Gasteiger partial charge in [-0.2, -0.15) is 0 Å². The highest BCUT2D eigenvalue weighted by atomic mass is 32.1. The van der Waals surface area contributed by atoms with Crippen molar-refractivity contribution in [2.45, 2.75) is 6.10 Å². The minimum absolute atomic E-state index is 0.0700. The first-order valence-electron chi connectivity index (χ1n) is 6.57. The van der Waals surface area contributed by atoms with Crippen molar-refractivity contribution < 1.29 is 9.53 Å². The third kappa shape index (κ3) is 2.86. The van der Waals surface area contributed by atoms with E-state index in [2.05, 4.69) is 20.3 Å². The number of ether oxygens (including phenoxy) is 1. The van der Waals surface area contributed by atoms with Crippen molar-refractivity contribution in [1.29, 1.82) is 0 Å². The lowest BCUT2D eigenvalue weighted by Crippen LogP contribution is -2.42. The molecule has 0 radical (unpaired) electrons. The Morgan fingerprint density at radius 1 is 1.43 bits per heavy atom. The first-order chi connectivity index (χ1) is 10.3. The quantitative estimate of drug-likeness (QED) is 0.917. The zero-order valence-electron chi connectivity index (χ0n) is 11.5. The second-order valence-electron chi connectivity index (χ2n) is 4.52. The molecular weight excluding hydrogens is 290 g/mol. The van der Waals surface area contributed by atoms with E-state index in [0.717, 1.165) is 5.69 Å². The fraction of sp³-hybridized carbons (Fsp3) is 0.385. The molecule has 0 saturated carbocycles. The molecule has 110 valence electrons. The Labute approximate surface area is 126 Å². The molecule has 21 heavy (non-hydrogen) atoms. The molecule has 0 unspecified atom stereocenters. The van der Waals surface area contributed by atoms with Gasteiger partial charge in [0.15, 0.2) is 0 Å². The molecule has 1 atom stereocenters. The molecule has 1 aliphatic heterocycles. The number of carbonyl (C=O) groups is 1. The summed E-state index contributed by atoms with van der Waals surface area (Å²) in [6.07, 6.45) is 2.97. The Hall–Kier alpha value is -2.06. The van der Waals surface area contributed by atoms with Crippen LogP contribution in [0.15, 0.2) is 23.3 Å². The maximum Gasteiger partial charge on any atom is 0.273 e. The van der Waals surface area contributed by atoms with Crippen molar-refractivity contribution in [3.05, 3.63) is 34.7 Å². The predicted octanol–water partition coefficient (Wildman–Crippen LogP) is 1.19. The lowest BCUT2D eigenvalue weighted by molar-refractivity contribution is -0.0246. The number of morpholine rings is 1. The number of hydrogen-bond donors (Lipinski definition) is 1. The van der Waals surface area contributed by atoms with Gasteiger partial charge in [-0.05, 0) is 0 Å². The normalized spacial score (nSPS) is 18.5. The van der Waals surface area contributed by atoms with E-state index in [1.807, 2.05) is 0 Å². The summed E-state index contributed by atoms with van der Waals surface area (Å²) in [4.78, 5) is 26.7. The number of amides is 1. The van der Waals surface area contributed by atoms with E-state index >= 15 is 0 Å². The van der Waals surface area contributed by atoms with Gasteiger partial charge in [0.05, 0.1) is 18.7 Å². The standard InChI is InChI=1S/C13H15N5O2S/c1-14-12-11(15-2-3-16-12)10-6-18(4-5-20-10)13(19)9-7-21-8-17-9/h2-3,7-8,10H,4-6H2,1H3,(H,14,16)/t10-/m0/s1. The number of anilines is 1. The Morgan fingerprint density at radius 3 is 3.05 bits per heavy atom. The summed E-state index contributed by atoms with van der Waals surface area (Å²) >= 11 is 1.41. The number of nitrogens with zero attached hydrogens (tertiary/aromatic N) is 4. The molecule has 3 rings (SSSR count). The van der Waals surface area contributed by atoms with E-state index in [0.29, 0.717) is 31.2 Å². The van der Waals surface area contributed by atoms with E-state index in [4.69, 9.17) is 4.74 Å². The van der Waals surface area contributed by atoms with Crippen LogP contribution in [-0.2, 0) is 4.74 Å². The minimum atomic E-state index is -0.280. The van der Waals surface area contributed by atoms with Crippen molar-refractivity contribution in [3.63, 3.8) is 0 Å². The number of aromatic nitrogens is 3. The topological polar surface area (TPSA) is 80.2 Å². The molecule has 0 spiro atoms. The van der Waals surface area contributed by atoms with Crippen LogP contribution in [0.1, 0.15) is 22.3 Å². The Bertz CT molecular complexity index is 619. The fourth-order valence-corrected chi connectivity index (χ4v) is 2.78. The molecule has 0 aromatic carbocycles. The first kappa shape index (κ1) is 13.9. The average molecular weight is 305 g/mol. The van der Waals surface area contributed by atoms with Gasteiger partial charge in [0.2, 0.25) is 0 Å². The Balaban J connectivity index is 1.78. The van der Waals surface area contributed by atoms with E-state index in [1.54, 1.807) is 35.2 Å². The van der Waals surface area contributed by atoms with Crippen molar-refractivity contribution >= 4 is 23.1 Å². The highest BCUT2D eigenvalue weighted by Crippen LogP contribution is 2.25. The van der Waals surface area contributed by atoms with Gasteiger partial charge in [-0.1, -0.05) is 0 Å². The van der Waals surface area contributed by atoms with Gasteiger partial charge >= 0.3 is 0 Å². The SMILES string of the molecule is CNc1nccnc1[C@@H]1CN(C(=O)c2cscn2)CCO1. The summed E-state index contributed by atoms with van der Waals surface area (Å²) < 4.78 is 5.75. The number of hydrogen-bond acceptors (Lipinski definition) is 7. The van der Waals surface area contributed by atoms with Gasteiger partial charge in [0.25, 0.3) is 5.91 Å². The van der Waals surface area contributed by atoms with Crippen molar-refractivity contribution in [2.24, 2.45) is 0 Å². The molecule has 2 aromatic heterocycles. The van der Waals surface area contributed by atoms with Crippen LogP contribution < -0.4 is 5.32 Å².